The fourth-order valence-electron chi connectivity index (χ4n) is 1.95. The van der Waals surface area contributed by atoms with Gasteiger partial charge in [0.1, 0.15) is 5.82 Å². The Morgan fingerprint density at radius 1 is 1.44 bits per heavy atom. The number of benzene rings is 1. The summed E-state index contributed by atoms with van der Waals surface area (Å²) < 4.78 is 13.0. The Bertz CT molecular complexity index is 370. The van der Waals surface area contributed by atoms with Crippen LogP contribution in [-0.4, -0.2) is 12.1 Å². The molecule has 1 saturated carbocycles. The highest BCUT2D eigenvalue weighted by Gasteiger charge is 2.21. The van der Waals surface area contributed by atoms with Crippen molar-refractivity contribution in [2.75, 3.05) is 5.32 Å². The van der Waals surface area contributed by atoms with Gasteiger partial charge in [-0.3, -0.25) is 0 Å². The van der Waals surface area contributed by atoms with Crippen molar-refractivity contribution in [1.82, 2.24) is 0 Å². The Kier molecular flexibility index (Phi) is 3.66. The molecule has 0 amide bonds. The first kappa shape index (κ1) is 11.7. The molecule has 1 aromatic carbocycles. The van der Waals surface area contributed by atoms with Crippen molar-refractivity contribution in [3.05, 3.63) is 35.5 Å². The number of halogens is 2. The summed E-state index contributed by atoms with van der Waals surface area (Å²) in [7, 11) is 0. The number of anilines is 1. The van der Waals surface area contributed by atoms with Crippen LogP contribution >= 0.6 is 11.6 Å². The van der Waals surface area contributed by atoms with Crippen molar-refractivity contribution < 1.29 is 4.39 Å². The summed E-state index contributed by atoms with van der Waals surface area (Å²) in [6.45, 7) is 0. The second-order valence-corrected chi connectivity index (χ2v) is 4.55. The standard InChI is InChI=1S/C12H15ClFN2/c13-9-7-8(5-6-10(9)14)16-12-4-2-1-3-11(12)15/h2,5-7,11-12,16H,1,3-4,15H2. The number of nitrogens with one attached hydrogen (secondary N) is 1. The molecule has 87 valence electrons. The first-order chi connectivity index (χ1) is 7.66. The molecule has 0 spiro atoms. The van der Waals surface area contributed by atoms with E-state index in [1.807, 2.05) is 0 Å². The molecule has 2 rings (SSSR count). The summed E-state index contributed by atoms with van der Waals surface area (Å²) in [6, 6.07) is 5.01. The summed E-state index contributed by atoms with van der Waals surface area (Å²) in [4.78, 5) is 0. The fourth-order valence-corrected chi connectivity index (χ4v) is 2.13. The molecule has 1 fully saturated rings. The monoisotopic (exact) mass is 241 g/mol. The SMILES string of the molecule is NC1CC[CH]CC1Nc1ccc(F)c(Cl)c1. The van der Waals surface area contributed by atoms with E-state index in [1.54, 1.807) is 12.1 Å². The Morgan fingerprint density at radius 2 is 2.25 bits per heavy atom. The molecule has 1 aliphatic rings. The van der Waals surface area contributed by atoms with Gasteiger partial charge >= 0.3 is 0 Å². The van der Waals surface area contributed by atoms with Gasteiger partial charge in [0, 0.05) is 17.8 Å². The first-order valence-electron chi connectivity index (χ1n) is 5.45. The quantitative estimate of drug-likeness (QED) is 0.836. The molecule has 0 aliphatic heterocycles. The largest absolute Gasteiger partial charge is 0.381 e. The highest BCUT2D eigenvalue weighted by Crippen LogP contribution is 2.23. The molecule has 1 aromatic rings. The van der Waals surface area contributed by atoms with E-state index in [-0.39, 0.29) is 17.1 Å². The topological polar surface area (TPSA) is 38.0 Å². The first-order valence-corrected chi connectivity index (χ1v) is 5.83. The number of nitrogens with two attached hydrogens (primary N) is 1. The van der Waals surface area contributed by atoms with E-state index in [0.29, 0.717) is 0 Å². The van der Waals surface area contributed by atoms with Crippen LogP contribution < -0.4 is 11.1 Å². The van der Waals surface area contributed by atoms with Crippen LogP contribution in [0.2, 0.25) is 5.02 Å². The van der Waals surface area contributed by atoms with E-state index in [1.165, 1.54) is 6.07 Å². The van der Waals surface area contributed by atoms with Crippen LogP contribution in [0.3, 0.4) is 0 Å². The van der Waals surface area contributed by atoms with Crippen molar-refractivity contribution in [3.8, 4) is 0 Å². The summed E-state index contributed by atoms with van der Waals surface area (Å²) in [5, 5.41) is 3.43. The third-order valence-electron chi connectivity index (χ3n) is 2.91. The van der Waals surface area contributed by atoms with E-state index in [4.69, 9.17) is 17.3 Å². The van der Waals surface area contributed by atoms with Gasteiger partial charge in [-0.15, -0.1) is 0 Å². The molecule has 0 aromatic heterocycles. The van der Waals surface area contributed by atoms with Crippen LogP contribution in [0, 0.1) is 12.2 Å². The highest BCUT2D eigenvalue weighted by molar-refractivity contribution is 6.31. The predicted molar refractivity (Wildman–Crippen MR) is 64.9 cm³/mol. The molecule has 16 heavy (non-hydrogen) atoms. The lowest BCUT2D eigenvalue weighted by Gasteiger charge is -2.30. The van der Waals surface area contributed by atoms with E-state index < -0.39 is 5.82 Å². The van der Waals surface area contributed by atoms with E-state index in [0.717, 1.165) is 24.9 Å². The van der Waals surface area contributed by atoms with Crippen molar-refractivity contribution >= 4 is 17.3 Å². The fraction of sp³-hybridized carbons (Fsp3) is 0.417. The second kappa shape index (κ2) is 5.02. The molecule has 1 radical (unpaired) electrons. The Morgan fingerprint density at radius 3 is 2.94 bits per heavy atom. The molecular weight excluding hydrogens is 227 g/mol. The zero-order chi connectivity index (χ0) is 11.5. The summed E-state index contributed by atoms with van der Waals surface area (Å²) in [5.41, 5.74) is 6.83. The van der Waals surface area contributed by atoms with Gasteiger partial charge in [0.05, 0.1) is 5.02 Å². The van der Waals surface area contributed by atoms with Gasteiger partial charge in [-0.05, 0) is 43.9 Å². The summed E-state index contributed by atoms with van der Waals surface area (Å²) in [5.74, 6) is -0.397. The van der Waals surface area contributed by atoms with Crippen molar-refractivity contribution in [2.24, 2.45) is 5.73 Å². The van der Waals surface area contributed by atoms with Crippen LogP contribution in [0.4, 0.5) is 10.1 Å². The third kappa shape index (κ3) is 2.66. The lowest BCUT2D eigenvalue weighted by Crippen LogP contribution is -2.42. The number of hydrogen-bond donors (Lipinski definition) is 2. The van der Waals surface area contributed by atoms with Gasteiger partial charge < -0.3 is 11.1 Å². The summed E-state index contributed by atoms with van der Waals surface area (Å²) in [6.07, 6.45) is 5.23. The zero-order valence-corrected chi connectivity index (χ0v) is 9.67. The van der Waals surface area contributed by atoms with Crippen molar-refractivity contribution in [3.63, 3.8) is 0 Å². The van der Waals surface area contributed by atoms with E-state index >= 15 is 0 Å². The lowest BCUT2D eigenvalue weighted by molar-refractivity contribution is 0.462. The molecule has 1 aliphatic carbocycles. The number of hydrogen-bond acceptors (Lipinski definition) is 2. The lowest BCUT2D eigenvalue weighted by atomic mass is 9.91. The van der Waals surface area contributed by atoms with Gasteiger partial charge in [-0.2, -0.15) is 0 Å². The average molecular weight is 242 g/mol. The maximum Gasteiger partial charge on any atom is 0.141 e. The van der Waals surface area contributed by atoms with Gasteiger partial charge in [0.15, 0.2) is 0 Å². The molecular formula is C12H15ClFN2. The number of rotatable bonds is 2. The molecule has 4 heteroatoms. The van der Waals surface area contributed by atoms with E-state index in [2.05, 4.69) is 11.7 Å². The molecule has 0 heterocycles. The van der Waals surface area contributed by atoms with E-state index in [9.17, 15) is 4.39 Å². The minimum Gasteiger partial charge on any atom is -0.381 e. The van der Waals surface area contributed by atoms with Gasteiger partial charge in [0.2, 0.25) is 0 Å². The molecule has 0 saturated heterocycles. The second-order valence-electron chi connectivity index (χ2n) is 4.15. The molecule has 2 atom stereocenters. The minimum atomic E-state index is -0.397. The Balaban J connectivity index is 2.05. The maximum absolute atomic E-state index is 13.0. The van der Waals surface area contributed by atoms with Crippen molar-refractivity contribution in [1.29, 1.82) is 0 Å². The highest BCUT2D eigenvalue weighted by atomic mass is 35.5. The van der Waals surface area contributed by atoms with Crippen LogP contribution in [0.25, 0.3) is 0 Å². The van der Waals surface area contributed by atoms with Gasteiger partial charge in [-0.1, -0.05) is 11.6 Å². The van der Waals surface area contributed by atoms with Crippen LogP contribution in [0.15, 0.2) is 18.2 Å². The molecule has 2 unspecified atom stereocenters. The minimum absolute atomic E-state index is 0.137. The summed E-state index contributed by atoms with van der Waals surface area (Å²) >= 11 is 5.71. The molecule has 0 bridgehead atoms. The molecule has 2 nitrogen and oxygen atoms in total. The zero-order valence-electron chi connectivity index (χ0n) is 8.92. The third-order valence-corrected chi connectivity index (χ3v) is 3.20. The van der Waals surface area contributed by atoms with Crippen LogP contribution in [0.1, 0.15) is 19.3 Å². The molecule has 3 N–H and O–H groups in total. The predicted octanol–water partition coefficient (Wildman–Crippen LogP) is 2.98. The van der Waals surface area contributed by atoms with Crippen LogP contribution in [-0.2, 0) is 0 Å². The Hall–Kier alpha value is -0.800. The average Bonchev–Trinajstić information content (AvgIpc) is 2.27. The Labute approximate surface area is 100.0 Å². The van der Waals surface area contributed by atoms with Gasteiger partial charge in [-0.25, -0.2) is 4.39 Å². The smallest absolute Gasteiger partial charge is 0.141 e. The van der Waals surface area contributed by atoms with Gasteiger partial charge in [0.25, 0.3) is 0 Å². The maximum atomic E-state index is 13.0. The normalized spacial score (nSPS) is 25.4. The van der Waals surface area contributed by atoms with Crippen LogP contribution in [0.5, 0.6) is 0 Å². The van der Waals surface area contributed by atoms with Crippen molar-refractivity contribution in [2.45, 2.75) is 31.3 Å².